The van der Waals surface area contributed by atoms with Gasteiger partial charge in [0.15, 0.2) is 0 Å². The van der Waals surface area contributed by atoms with E-state index >= 15 is 0 Å². The number of hydrogen-bond acceptors (Lipinski definition) is 2. The molecule has 0 bridgehead atoms. The Morgan fingerprint density at radius 3 is 2.70 bits per heavy atom. The Labute approximate surface area is 59.9 Å². The molecule has 10 heavy (non-hydrogen) atoms. The molecule has 0 radical (unpaired) electrons. The van der Waals surface area contributed by atoms with Crippen LogP contribution in [-0.4, -0.2) is 11.6 Å². The number of nitrogens with zero attached hydrogens (tertiary/aromatic N) is 1. The first-order valence-electron chi connectivity index (χ1n) is 2.80. The van der Waals surface area contributed by atoms with Crippen LogP contribution in [0.5, 0.6) is 0 Å². The average Bonchev–Trinajstić information content (AvgIpc) is 1.88. The summed E-state index contributed by atoms with van der Waals surface area (Å²) in [5, 5.41) is 0. The smallest absolute Gasteiger partial charge is 0.262 e. The maximum atomic E-state index is 10.3. The lowest BCUT2D eigenvalue weighted by Gasteiger charge is -1.86. The van der Waals surface area contributed by atoms with Gasteiger partial charge in [0.25, 0.3) is 5.91 Å². The van der Waals surface area contributed by atoms with Gasteiger partial charge in [0.05, 0.1) is 0 Å². The Morgan fingerprint density at radius 2 is 2.30 bits per heavy atom. The minimum absolute atomic E-state index is 0.290. The largest absolute Gasteiger partial charge is 0.365 e. The van der Waals surface area contributed by atoms with Crippen molar-refractivity contribution in [1.82, 2.24) is 0 Å². The van der Waals surface area contributed by atoms with E-state index in [-0.39, 0.29) is 5.71 Å². The highest BCUT2D eigenvalue weighted by Gasteiger charge is 1.94. The van der Waals surface area contributed by atoms with Crippen molar-refractivity contribution in [3.05, 3.63) is 24.9 Å². The average molecular weight is 138 g/mol. The predicted octanol–water partition coefficient (Wildman–Crippen LogP) is 0.632. The Balaban J connectivity index is 4.04. The highest BCUT2D eigenvalue weighted by Crippen LogP contribution is 1.79. The third kappa shape index (κ3) is 3.60. The second-order valence-electron chi connectivity index (χ2n) is 1.66. The van der Waals surface area contributed by atoms with E-state index in [0.29, 0.717) is 0 Å². The van der Waals surface area contributed by atoms with Crippen LogP contribution in [0, 0.1) is 0 Å². The SMILES string of the molecule is C=C/C=C\N=C(C)C(N)=O. The topological polar surface area (TPSA) is 55.4 Å². The zero-order valence-corrected chi connectivity index (χ0v) is 5.87. The van der Waals surface area contributed by atoms with E-state index in [1.54, 1.807) is 19.1 Å². The van der Waals surface area contributed by atoms with Crippen LogP contribution in [0.2, 0.25) is 0 Å². The van der Waals surface area contributed by atoms with Gasteiger partial charge in [-0.1, -0.05) is 12.7 Å². The van der Waals surface area contributed by atoms with Crippen molar-refractivity contribution in [3.8, 4) is 0 Å². The molecule has 0 aliphatic carbocycles. The van der Waals surface area contributed by atoms with Crippen molar-refractivity contribution < 1.29 is 4.79 Å². The molecule has 0 heterocycles. The number of nitrogens with two attached hydrogens (primary N) is 1. The van der Waals surface area contributed by atoms with Gasteiger partial charge in [-0.05, 0) is 13.0 Å². The van der Waals surface area contributed by atoms with Crippen LogP contribution >= 0.6 is 0 Å². The fourth-order valence-electron chi connectivity index (χ4n) is 0.279. The van der Waals surface area contributed by atoms with E-state index < -0.39 is 5.91 Å². The van der Waals surface area contributed by atoms with Crippen LogP contribution in [-0.2, 0) is 4.79 Å². The lowest BCUT2D eigenvalue weighted by atomic mass is 10.4. The van der Waals surface area contributed by atoms with E-state index in [2.05, 4.69) is 11.6 Å². The van der Waals surface area contributed by atoms with Gasteiger partial charge in [0.2, 0.25) is 0 Å². The summed E-state index contributed by atoms with van der Waals surface area (Å²) in [6, 6.07) is 0. The second kappa shape index (κ2) is 4.49. The third-order valence-corrected chi connectivity index (χ3v) is 0.847. The van der Waals surface area contributed by atoms with E-state index in [4.69, 9.17) is 5.73 Å². The second-order valence-corrected chi connectivity index (χ2v) is 1.66. The Morgan fingerprint density at radius 1 is 1.70 bits per heavy atom. The number of rotatable bonds is 3. The monoisotopic (exact) mass is 138 g/mol. The highest BCUT2D eigenvalue weighted by molar-refractivity contribution is 6.37. The van der Waals surface area contributed by atoms with Crippen molar-refractivity contribution in [2.24, 2.45) is 10.7 Å². The van der Waals surface area contributed by atoms with Crippen molar-refractivity contribution in [1.29, 1.82) is 0 Å². The lowest BCUT2D eigenvalue weighted by Crippen LogP contribution is -2.19. The molecule has 0 rings (SSSR count). The van der Waals surface area contributed by atoms with Crippen LogP contribution in [0.4, 0.5) is 0 Å². The van der Waals surface area contributed by atoms with E-state index in [0.717, 1.165) is 0 Å². The van der Waals surface area contributed by atoms with Crippen LogP contribution in [0.3, 0.4) is 0 Å². The van der Waals surface area contributed by atoms with Gasteiger partial charge in [0, 0.05) is 6.20 Å². The molecule has 0 aliphatic heterocycles. The molecule has 1 amide bonds. The molecule has 0 unspecified atom stereocenters. The van der Waals surface area contributed by atoms with Crippen LogP contribution in [0.1, 0.15) is 6.92 Å². The molecule has 3 heteroatoms. The number of primary amides is 1. The molecule has 0 aliphatic rings. The van der Waals surface area contributed by atoms with Crippen LogP contribution in [0.25, 0.3) is 0 Å². The van der Waals surface area contributed by atoms with Crippen molar-refractivity contribution in [2.45, 2.75) is 6.92 Å². The first-order valence-corrected chi connectivity index (χ1v) is 2.80. The zero-order chi connectivity index (χ0) is 7.98. The lowest BCUT2D eigenvalue weighted by molar-refractivity contribution is -0.112. The van der Waals surface area contributed by atoms with E-state index in [1.165, 1.54) is 6.20 Å². The quantitative estimate of drug-likeness (QED) is 0.451. The Hall–Kier alpha value is -1.38. The summed E-state index contributed by atoms with van der Waals surface area (Å²) in [4.78, 5) is 14.0. The summed E-state index contributed by atoms with van der Waals surface area (Å²) in [5.74, 6) is -0.506. The molecule has 0 aromatic carbocycles. The number of allylic oxidation sites excluding steroid dienone is 2. The minimum Gasteiger partial charge on any atom is -0.365 e. The summed E-state index contributed by atoms with van der Waals surface area (Å²) in [6.45, 7) is 4.98. The normalized spacial score (nSPS) is 11.9. The molecule has 0 aromatic heterocycles. The predicted molar refractivity (Wildman–Crippen MR) is 41.6 cm³/mol. The third-order valence-electron chi connectivity index (χ3n) is 0.847. The van der Waals surface area contributed by atoms with E-state index in [1.807, 2.05) is 0 Å². The van der Waals surface area contributed by atoms with Gasteiger partial charge in [0.1, 0.15) is 5.71 Å². The van der Waals surface area contributed by atoms with Crippen LogP contribution in [0.15, 0.2) is 29.9 Å². The molecule has 0 atom stereocenters. The number of amides is 1. The fraction of sp³-hybridized carbons (Fsp3) is 0.143. The first kappa shape index (κ1) is 8.62. The molecule has 0 spiro atoms. The molecule has 54 valence electrons. The van der Waals surface area contributed by atoms with Gasteiger partial charge < -0.3 is 5.73 Å². The molecular formula is C7H10N2O. The highest BCUT2D eigenvalue weighted by atomic mass is 16.1. The summed E-state index contributed by atoms with van der Waals surface area (Å²) < 4.78 is 0. The van der Waals surface area contributed by atoms with Gasteiger partial charge in [-0.2, -0.15) is 0 Å². The molecule has 0 fully saturated rings. The molecule has 0 saturated carbocycles. The summed E-state index contributed by atoms with van der Waals surface area (Å²) in [5.41, 5.74) is 5.18. The standard InChI is InChI=1S/C7H10N2O/c1-3-4-5-9-6(2)7(8)10/h3-5H,1H2,2H3,(H2,8,10)/b5-4-,9-6?. The number of aliphatic imine (C=N–C) groups is 1. The fourth-order valence-corrected chi connectivity index (χ4v) is 0.279. The number of hydrogen-bond donors (Lipinski definition) is 1. The number of carbonyl (C=O) groups is 1. The first-order chi connectivity index (χ1) is 4.68. The Kier molecular flexibility index (Phi) is 3.87. The maximum absolute atomic E-state index is 10.3. The summed E-state index contributed by atoms with van der Waals surface area (Å²) in [6.07, 6.45) is 4.65. The molecule has 0 saturated heterocycles. The Bertz CT molecular complexity index is 192. The van der Waals surface area contributed by atoms with Crippen molar-refractivity contribution >= 4 is 11.6 Å². The molecule has 2 N–H and O–H groups in total. The van der Waals surface area contributed by atoms with Crippen LogP contribution < -0.4 is 5.73 Å². The summed E-state index contributed by atoms with van der Waals surface area (Å²) in [7, 11) is 0. The van der Waals surface area contributed by atoms with Gasteiger partial charge in [-0.25, -0.2) is 0 Å². The van der Waals surface area contributed by atoms with Gasteiger partial charge in [-0.15, -0.1) is 0 Å². The molecular weight excluding hydrogens is 128 g/mol. The van der Waals surface area contributed by atoms with E-state index in [9.17, 15) is 4.79 Å². The minimum atomic E-state index is -0.506. The van der Waals surface area contributed by atoms with Gasteiger partial charge in [-0.3, -0.25) is 9.79 Å². The van der Waals surface area contributed by atoms with Gasteiger partial charge >= 0.3 is 0 Å². The molecule has 0 aromatic rings. The number of carbonyl (C=O) groups excluding carboxylic acids is 1. The zero-order valence-electron chi connectivity index (χ0n) is 5.87. The maximum Gasteiger partial charge on any atom is 0.262 e. The summed E-state index contributed by atoms with van der Waals surface area (Å²) >= 11 is 0. The molecule has 3 nitrogen and oxygen atoms in total. The van der Waals surface area contributed by atoms with Crippen molar-refractivity contribution in [2.75, 3.05) is 0 Å². The van der Waals surface area contributed by atoms with Crippen molar-refractivity contribution in [3.63, 3.8) is 0 Å².